The molecule has 1 aliphatic rings. The number of aryl methyl sites for hydroxylation is 1. The fourth-order valence-corrected chi connectivity index (χ4v) is 3.56. The molecular formula is C18H21N3O2S. The van der Waals surface area contributed by atoms with Gasteiger partial charge in [0, 0.05) is 11.1 Å². The van der Waals surface area contributed by atoms with Crippen molar-refractivity contribution in [3.8, 4) is 11.3 Å². The molecule has 0 saturated carbocycles. The first-order valence-corrected chi connectivity index (χ1v) is 9.50. The van der Waals surface area contributed by atoms with Crippen LogP contribution in [0.3, 0.4) is 0 Å². The molecule has 1 aliphatic carbocycles. The minimum absolute atomic E-state index is 0.561. The Hall–Kier alpha value is -2.08. The second-order valence-corrected chi connectivity index (χ2v) is 6.86. The molecule has 6 heteroatoms. The number of carboxylic acids is 1. The normalized spacial score (nSPS) is 14.2. The molecular weight excluding hydrogens is 322 g/mol. The van der Waals surface area contributed by atoms with Crippen molar-refractivity contribution in [2.45, 2.75) is 31.7 Å². The van der Waals surface area contributed by atoms with Gasteiger partial charge in [-0.3, -0.25) is 0 Å². The molecule has 0 spiro atoms. The Kier molecular flexibility index (Phi) is 5.35. The Bertz CT molecular complexity index is 736. The predicted octanol–water partition coefficient (Wildman–Crippen LogP) is 3.25. The molecule has 1 atom stereocenters. The van der Waals surface area contributed by atoms with Gasteiger partial charge in [0.15, 0.2) is 0 Å². The van der Waals surface area contributed by atoms with Gasteiger partial charge in [0.05, 0.1) is 5.69 Å². The third-order valence-corrected chi connectivity index (χ3v) is 4.95. The van der Waals surface area contributed by atoms with E-state index >= 15 is 0 Å². The Morgan fingerprint density at radius 1 is 1.33 bits per heavy atom. The molecule has 24 heavy (non-hydrogen) atoms. The van der Waals surface area contributed by atoms with E-state index in [4.69, 9.17) is 0 Å². The summed E-state index contributed by atoms with van der Waals surface area (Å²) in [5.41, 5.74) is 4.37. The van der Waals surface area contributed by atoms with Crippen molar-refractivity contribution < 1.29 is 9.90 Å². The lowest BCUT2D eigenvalue weighted by atomic mass is 10.0. The van der Waals surface area contributed by atoms with Crippen LogP contribution in [-0.4, -0.2) is 39.1 Å². The fourth-order valence-electron chi connectivity index (χ4n) is 3.09. The van der Waals surface area contributed by atoms with E-state index in [2.05, 4.69) is 27.4 Å². The Morgan fingerprint density at radius 2 is 2.17 bits per heavy atom. The van der Waals surface area contributed by atoms with Crippen LogP contribution in [0.5, 0.6) is 0 Å². The van der Waals surface area contributed by atoms with Crippen molar-refractivity contribution in [3.05, 3.63) is 41.7 Å². The standard InChI is InChI=1S/C18H21N3O2S/c1-24-10-9-15(18(22)23)21-17-14-8-4-6-12-5-2-3-7-13(12)16(14)19-11-20-17/h2-3,5,7,11,15H,4,6,8-10H2,1H3,(H,22,23)(H,19,20,21)/t15-/m1/s1. The molecule has 0 fully saturated rings. The maximum atomic E-state index is 11.5. The van der Waals surface area contributed by atoms with Crippen molar-refractivity contribution >= 4 is 23.5 Å². The average molecular weight is 343 g/mol. The lowest BCUT2D eigenvalue weighted by Crippen LogP contribution is -2.31. The molecule has 5 nitrogen and oxygen atoms in total. The number of carbonyl (C=O) groups is 1. The van der Waals surface area contributed by atoms with Gasteiger partial charge in [0.25, 0.3) is 0 Å². The summed E-state index contributed by atoms with van der Waals surface area (Å²) in [5.74, 6) is 0.607. The SMILES string of the molecule is CSCC[C@@H](Nc1ncnc2c1CCCc1ccccc1-2)C(=O)O. The lowest BCUT2D eigenvalue weighted by molar-refractivity contribution is -0.137. The molecule has 2 aromatic rings. The minimum Gasteiger partial charge on any atom is -0.480 e. The number of hydrogen-bond acceptors (Lipinski definition) is 5. The summed E-state index contributed by atoms with van der Waals surface area (Å²) in [6, 6.07) is 7.65. The number of carboxylic acid groups (broad SMARTS) is 1. The highest BCUT2D eigenvalue weighted by Crippen LogP contribution is 2.33. The number of aromatic nitrogens is 2. The summed E-state index contributed by atoms with van der Waals surface area (Å²) in [5, 5.41) is 12.6. The zero-order valence-corrected chi connectivity index (χ0v) is 14.5. The van der Waals surface area contributed by atoms with Gasteiger partial charge in [-0.15, -0.1) is 0 Å². The third kappa shape index (κ3) is 3.53. The molecule has 2 N–H and O–H groups in total. The monoisotopic (exact) mass is 343 g/mol. The molecule has 0 unspecified atom stereocenters. The topological polar surface area (TPSA) is 75.1 Å². The number of thioether (sulfide) groups is 1. The maximum absolute atomic E-state index is 11.5. The quantitative estimate of drug-likeness (QED) is 0.838. The van der Waals surface area contributed by atoms with Crippen LogP contribution in [-0.2, 0) is 17.6 Å². The molecule has 0 radical (unpaired) electrons. The lowest BCUT2D eigenvalue weighted by Gasteiger charge is -2.18. The molecule has 126 valence electrons. The molecule has 1 aromatic heterocycles. The van der Waals surface area contributed by atoms with Gasteiger partial charge in [0.1, 0.15) is 18.2 Å². The predicted molar refractivity (Wildman–Crippen MR) is 97.5 cm³/mol. The van der Waals surface area contributed by atoms with Crippen molar-refractivity contribution in [2.24, 2.45) is 0 Å². The summed E-state index contributed by atoms with van der Waals surface area (Å²) in [6.45, 7) is 0. The minimum atomic E-state index is -0.842. The highest BCUT2D eigenvalue weighted by molar-refractivity contribution is 7.98. The van der Waals surface area contributed by atoms with Gasteiger partial charge in [0.2, 0.25) is 0 Å². The second-order valence-electron chi connectivity index (χ2n) is 5.88. The van der Waals surface area contributed by atoms with E-state index < -0.39 is 12.0 Å². The first-order chi connectivity index (χ1) is 11.7. The first kappa shape index (κ1) is 16.8. The van der Waals surface area contributed by atoms with Gasteiger partial charge < -0.3 is 10.4 Å². The van der Waals surface area contributed by atoms with E-state index in [1.54, 1.807) is 11.8 Å². The van der Waals surface area contributed by atoms with Crippen LogP contribution in [0.25, 0.3) is 11.3 Å². The van der Waals surface area contributed by atoms with Crippen LogP contribution in [0.15, 0.2) is 30.6 Å². The third-order valence-electron chi connectivity index (χ3n) is 4.31. The Morgan fingerprint density at radius 3 is 2.96 bits per heavy atom. The summed E-state index contributed by atoms with van der Waals surface area (Å²) in [4.78, 5) is 20.4. The highest BCUT2D eigenvalue weighted by Gasteiger charge is 2.23. The van der Waals surface area contributed by atoms with Gasteiger partial charge in [-0.1, -0.05) is 24.3 Å². The van der Waals surface area contributed by atoms with Crippen LogP contribution >= 0.6 is 11.8 Å². The van der Waals surface area contributed by atoms with Gasteiger partial charge in [-0.05, 0) is 43.3 Å². The fraction of sp³-hybridized carbons (Fsp3) is 0.389. The van der Waals surface area contributed by atoms with Crippen LogP contribution in [0.1, 0.15) is 24.0 Å². The Labute approximate surface area is 145 Å². The van der Waals surface area contributed by atoms with Crippen LogP contribution in [0.4, 0.5) is 5.82 Å². The van der Waals surface area contributed by atoms with Gasteiger partial charge in [-0.2, -0.15) is 11.8 Å². The van der Waals surface area contributed by atoms with E-state index in [1.165, 1.54) is 11.9 Å². The summed E-state index contributed by atoms with van der Waals surface area (Å²) >= 11 is 1.64. The number of nitrogens with one attached hydrogen (secondary N) is 1. The molecule has 1 aromatic carbocycles. The largest absolute Gasteiger partial charge is 0.480 e. The number of nitrogens with zero attached hydrogens (tertiary/aromatic N) is 2. The van der Waals surface area contributed by atoms with Crippen LogP contribution < -0.4 is 5.32 Å². The van der Waals surface area contributed by atoms with Gasteiger partial charge >= 0.3 is 5.97 Å². The summed E-state index contributed by atoms with van der Waals surface area (Å²) < 4.78 is 0. The zero-order valence-electron chi connectivity index (χ0n) is 13.7. The number of aliphatic carboxylic acids is 1. The number of anilines is 1. The number of hydrogen-bond donors (Lipinski definition) is 2. The molecule has 0 bridgehead atoms. The Balaban J connectivity index is 1.96. The van der Waals surface area contributed by atoms with Crippen molar-refractivity contribution in [1.29, 1.82) is 0 Å². The van der Waals surface area contributed by atoms with Crippen molar-refractivity contribution in [3.63, 3.8) is 0 Å². The van der Waals surface area contributed by atoms with Crippen molar-refractivity contribution in [2.75, 3.05) is 17.3 Å². The number of rotatable bonds is 6. The number of fused-ring (bicyclic) bond motifs is 3. The van der Waals surface area contributed by atoms with E-state index in [-0.39, 0.29) is 0 Å². The molecule has 3 rings (SSSR count). The van der Waals surface area contributed by atoms with Crippen molar-refractivity contribution in [1.82, 2.24) is 9.97 Å². The average Bonchev–Trinajstić information content (AvgIpc) is 2.78. The summed E-state index contributed by atoms with van der Waals surface area (Å²) in [7, 11) is 0. The van der Waals surface area contributed by atoms with Crippen LogP contribution in [0, 0.1) is 0 Å². The number of benzene rings is 1. The van der Waals surface area contributed by atoms with E-state index in [9.17, 15) is 9.90 Å². The second kappa shape index (κ2) is 7.66. The molecule has 0 aliphatic heterocycles. The smallest absolute Gasteiger partial charge is 0.326 e. The first-order valence-electron chi connectivity index (χ1n) is 8.11. The van der Waals surface area contributed by atoms with E-state index in [0.29, 0.717) is 12.2 Å². The highest BCUT2D eigenvalue weighted by atomic mass is 32.2. The van der Waals surface area contributed by atoms with E-state index in [0.717, 1.165) is 41.8 Å². The molecule has 0 amide bonds. The molecule has 1 heterocycles. The maximum Gasteiger partial charge on any atom is 0.326 e. The zero-order chi connectivity index (χ0) is 16.9. The summed E-state index contributed by atoms with van der Waals surface area (Å²) in [6.07, 6.45) is 6.92. The molecule has 0 saturated heterocycles. The van der Waals surface area contributed by atoms with E-state index in [1.807, 2.05) is 18.4 Å². The van der Waals surface area contributed by atoms with Crippen LogP contribution in [0.2, 0.25) is 0 Å². The van der Waals surface area contributed by atoms with Gasteiger partial charge in [-0.25, -0.2) is 14.8 Å².